The quantitative estimate of drug-likeness (QED) is 0.322. The van der Waals surface area contributed by atoms with E-state index in [-0.39, 0.29) is 11.7 Å². The van der Waals surface area contributed by atoms with Crippen molar-refractivity contribution in [1.82, 2.24) is 14.5 Å². The van der Waals surface area contributed by atoms with Crippen molar-refractivity contribution in [2.75, 3.05) is 6.54 Å². The summed E-state index contributed by atoms with van der Waals surface area (Å²) >= 11 is 7.59. The van der Waals surface area contributed by atoms with Crippen molar-refractivity contribution in [2.24, 2.45) is 0 Å². The van der Waals surface area contributed by atoms with Crippen LogP contribution in [0.2, 0.25) is 5.02 Å². The zero-order valence-corrected chi connectivity index (χ0v) is 22.2. The Bertz CT molecular complexity index is 1480. The van der Waals surface area contributed by atoms with Gasteiger partial charge in [-0.15, -0.1) is 11.3 Å². The van der Waals surface area contributed by atoms with E-state index in [1.54, 1.807) is 33.1 Å². The van der Waals surface area contributed by atoms with E-state index in [0.717, 1.165) is 40.9 Å². The molecule has 5 rings (SSSR count). The number of halogens is 1. The first-order valence-electron chi connectivity index (χ1n) is 12.0. The lowest BCUT2D eigenvalue weighted by molar-refractivity contribution is 0.0227. The van der Waals surface area contributed by atoms with Crippen LogP contribution in [0.1, 0.15) is 42.5 Å². The molecule has 6 nitrogen and oxygen atoms in total. The van der Waals surface area contributed by atoms with Crippen LogP contribution < -0.4 is 5.56 Å². The van der Waals surface area contributed by atoms with Crippen LogP contribution in [0.3, 0.4) is 0 Å². The Kier molecular flexibility index (Phi) is 6.62. The Balaban J connectivity index is 1.34. The number of carbonyl (C=O) groups excluding carboxylic acids is 1. The van der Waals surface area contributed by atoms with Gasteiger partial charge in [0, 0.05) is 40.3 Å². The van der Waals surface area contributed by atoms with E-state index in [9.17, 15) is 9.59 Å². The molecule has 0 radical (unpaired) electrons. The van der Waals surface area contributed by atoms with E-state index in [0.29, 0.717) is 18.1 Å². The number of nitrogens with zero attached hydrogens (tertiary/aromatic N) is 3. The molecule has 1 aliphatic rings. The van der Waals surface area contributed by atoms with E-state index >= 15 is 0 Å². The number of pyridine rings is 2. The third-order valence-corrected chi connectivity index (χ3v) is 7.60. The Labute approximate surface area is 219 Å². The van der Waals surface area contributed by atoms with Crippen molar-refractivity contribution >= 4 is 39.1 Å². The van der Waals surface area contributed by atoms with Gasteiger partial charge in [0.25, 0.3) is 5.56 Å². The highest BCUT2D eigenvalue weighted by Gasteiger charge is 2.28. The fourth-order valence-corrected chi connectivity index (χ4v) is 5.85. The Morgan fingerprint density at radius 3 is 2.69 bits per heavy atom. The van der Waals surface area contributed by atoms with Crippen molar-refractivity contribution in [1.29, 1.82) is 0 Å². The average Bonchev–Trinajstić information content (AvgIpc) is 3.19. The number of amides is 1. The molecule has 3 aromatic heterocycles. The summed E-state index contributed by atoms with van der Waals surface area (Å²) in [6.07, 6.45) is 5.48. The van der Waals surface area contributed by atoms with Crippen LogP contribution in [0.5, 0.6) is 0 Å². The molecule has 0 unspecified atom stereocenters. The molecular weight excluding hydrogens is 494 g/mol. The standard InChI is InChI=1S/C28H28ClN3O3S/c1-28(2,3)35-27(34)31-12-11-23-22-9-8-21(15-24(22)36-25(23)17-31)32-13-10-18(14-26(32)33)4-6-20-7-5-19(29)16-30-20/h5,7-10,13-16H,4,6,11-12,17H2,1-3H3. The van der Waals surface area contributed by atoms with E-state index in [2.05, 4.69) is 17.1 Å². The predicted octanol–water partition coefficient (Wildman–Crippen LogP) is 6.18. The fourth-order valence-electron chi connectivity index (χ4n) is 4.44. The molecular formula is C28H28ClN3O3S. The zero-order valence-electron chi connectivity index (χ0n) is 20.6. The summed E-state index contributed by atoms with van der Waals surface area (Å²) in [6.45, 7) is 6.84. The molecule has 1 aliphatic heterocycles. The van der Waals surface area contributed by atoms with Gasteiger partial charge in [0.1, 0.15) is 5.60 Å². The first-order chi connectivity index (χ1) is 17.2. The van der Waals surface area contributed by atoms with Crippen LogP contribution in [-0.2, 0) is 30.5 Å². The summed E-state index contributed by atoms with van der Waals surface area (Å²) in [5, 5.41) is 1.81. The largest absolute Gasteiger partial charge is 0.444 e. The van der Waals surface area contributed by atoms with Crippen LogP contribution in [0.4, 0.5) is 4.79 Å². The van der Waals surface area contributed by atoms with Crippen molar-refractivity contribution in [2.45, 2.75) is 52.2 Å². The minimum absolute atomic E-state index is 0.0617. The van der Waals surface area contributed by atoms with Crippen LogP contribution in [0.15, 0.2) is 59.7 Å². The molecule has 0 spiro atoms. The second-order valence-electron chi connectivity index (χ2n) is 10.0. The highest BCUT2D eigenvalue weighted by molar-refractivity contribution is 7.19. The summed E-state index contributed by atoms with van der Waals surface area (Å²) in [5.41, 5.74) is 3.47. The van der Waals surface area contributed by atoms with E-state index in [1.807, 2.05) is 51.2 Å². The predicted molar refractivity (Wildman–Crippen MR) is 144 cm³/mol. The van der Waals surface area contributed by atoms with E-state index < -0.39 is 5.60 Å². The van der Waals surface area contributed by atoms with Gasteiger partial charge in [0.15, 0.2) is 0 Å². The SMILES string of the molecule is CC(C)(C)OC(=O)N1CCc2c(sc3cc(-n4ccc(CCc5ccc(Cl)cn5)cc4=O)ccc23)C1. The van der Waals surface area contributed by atoms with Gasteiger partial charge in [-0.25, -0.2) is 4.79 Å². The highest BCUT2D eigenvalue weighted by atomic mass is 35.5. The van der Waals surface area contributed by atoms with E-state index in [1.165, 1.54) is 15.8 Å². The molecule has 0 aliphatic carbocycles. The smallest absolute Gasteiger partial charge is 0.410 e. The molecule has 1 aromatic carbocycles. The number of benzene rings is 1. The monoisotopic (exact) mass is 521 g/mol. The summed E-state index contributed by atoms with van der Waals surface area (Å²) in [5.74, 6) is 0. The van der Waals surface area contributed by atoms with Gasteiger partial charge >= 0.3 is 6.09 Å². The molecule has 0 bridgehead atoms. The first kappa shape index (κ1) is 24.5. The Morgan fingerprint density at radius 2 is 1.97 bits per heavy atom. The van der Waals surface area contributed by atoms with Gasteiger partial charge in [0.2, 0.25) is 0 Å². The van der Waals surface area contributed by atoms with Gasteiger partial charge < -0.3 is 9.64 Å². The van der Waals surface area contributed by atoms with E-state index in [4.69, 9.17) is 16.3 Å². The summed E-state index contributed by atoms with van der Waals surface area (Å²) in [7, 11) is 0. The minimum atomic E-state index is -0.512. The molecule has 4 aromatic rings. The molecule has 36 heavy (non-hydrogen) atoms. The molecule has 186 valence electrons. The molecule has 4 heterocycles. The van der Waals surface area contributed by atoms with Crippen LogP contribution >= 0.6 is 22.9 Å². The van der Waals surface area contributed by atoms with Gasteiger partial charge in [-0.1, -0.05) is 17.7 Å². The Morgan fingerprint density at radius 1 is 1.14 bits per heavy atom. The van der Waals surface area contributed by atoms with Gasteiger partial charge in [-0.3, -0.25) is 14.3 Å². The van der Waals surface area contributed by atoms with Gasteiger partial charge in [-0.2, -0.15) is 0 Å². The maximum absolute atomic E-state index is 12.9. The summed E-state index contributed by atoms with van der Waals surface area (Å²) < 4.78 is 8.35. The van der Waals surface area contributed by atoms with Gasteiger partial charge in [0.05, 0.1) is 17.3 Å². The molecule has 0 saturated carbocycles. The second kappa shape index (κ2) is 9.71. The first-order valence-corrected chi connectivity index (χ1v) is 13.2. The normalized spacial score (nSPS) is 13.6. The minimum Gasteiger partial charge on any atom is -0.444 e. The van der Waals surface area contributed by atoms with Crippen molar-refractivity contribution in [3.05, 3.63) is 91.9 Å². The lowest BCUT2D eigenvalue weighted by atomic mass is 10.0. The van der Waals surface area contributed by atoms with Crippen LogP contribution in [-0.4, -0.2) is 32.7 Å². The maximum atomic E-state index is 12.9. The maximum Gasteiger partial charge on any atom is 0.410 e. The fraction of sp³-hybridized carbons (Fsp3) is 0.321. The third kappa shape index (κ3) is 5.32. The Hall–Kier alpha value is -3.16. The number of fused-ring (bicyclic) bond motifs is 3. The summed E-state index contributed by atoms with van der Waals surface area (Å²) in [4.78, 5) is 32.8. The lowest BCUT2D eigenvalue weighted by Gasteiger charge is -2.30. The van der Waals surface area contributed by atoms with Crippen molar-refractivity contribution in [3.8, 4) is 5.69 Å². The third-order valence-electron chi connectivity index (χ3n) is 6.20. The van der Waals surface area contributed by atoms with Crippen LogP contribution in [0.25, 0.3) is 15.8 Å². The number of aromatic nitrogens is 2. The summed E-state index contributed by atoms with van der Waals surface area (Å²) in [6, 6.07) is 13.6. The number of rotatable bonds is 4. The molecule has 0 saturated heterocycles. The number of aryl methyl sites for hydroxylation is 2. The molecule has 0 fully saturated rings. The molecule has 1 amide bonds. The average molecular weight is 522 g/mol. The zero-order chi connectivity index (χ0) is 25.4. The van der Waals surface area contributed by atoms with Crippen molar-refractivity contribution in [3.63, 3.8) is 0 Å². The number of thiophene rings is 1. The van der Waals surface area contributed by atoms with Gasteiger partial charge in [-0.05, 0) is 86.9 Å². The number of ether oxygens (including phenoxy) is 1. The topological polar surface area (TPSA) is 64.4 Å². The highest BCUT2D eigenvalue weighted by Crippen LogP contribution is 2.36. The number of hydrogen-bond acceptors (Lipinski definition) is 5. The van der Waals surface area contributed by atoms with Crippen molar-refractivity contribution < 1.29 is 9.53 Å². The molecule has 0 N–H and O–H groups in total. The van der Waals surface area contributed by atoms with Crippen LogP contribution in [0, 0.1) is 0 Å². The lowest BCUT2D eigenvalue weighted by Crippen LogP contribution is -2.39. The molecule has 0 atom stereocenters. The number of hydrogen-bond donors (Lipinski definition) is 0. The molecule has 8 heteroatoms. The number of carbonyl (C=O) groups is 1. The second-order valence-corrected chi connectivity index (χ2v) is 11.6.